The van der Waals surface area contributed by atoms with E-state index in [1.54, 1.807) is 0 Å². The Morgan fingerprint density at radius 2 is 2.00 bits per heavy atom. The zero-order valence-corrected chi connectivity index (χ0v) is 6.13. The van der Waals surface area contributed by atoms with Crippen molar-refractivity contribution in [2.24, 2.45) is 5.73 Å². The molecule has 60 valence electrons. The molecule has 0 rings (SSSR count). The predicted molar refractivity (Wildman–Crippen MR) is 36.6 cm³/mol. The lowest BCUT2D eigenvalue weighted by Gasteiger charge is -2.02. The maximum atomic E-state index is 10.5. The Hall–Kier alpha value is -0.770. The minimum Gasteiger partial charge on any atom is -0.434 e. The van der Waals surface area contributed by atoms with Crippen LogP contribution in [-0.4, -0.2) is 25.9 Å². The summed E-state index contributed by atoms with van der Waals surface area (Å²) in [6, 6.07) is 0. The highest BCUT2D eigenvalue weighted by molar-refractivity contribution is 5.59. The smallest absolute Gasteiger partial charge is 0.434 e. The van der Waals surface area contributed by atoms with Crippen LogP contribution in [-0.2, 0) is 9.47 Å². The Morgan fingerprint density at radius 3 is 2.50 bits per heavy atom. The molecule has 4 nitrogen and oxygen atoms in total. The summed E-state index contributed by atoms with van der Waals surface area (Å²) in [5, 5.41) is 0. The van der Waals surface area contributed by atoms with Crippen LogP contribution >= 0.6 is 0 Å². The zero-order chi connectivity index (χ0) is 7.82. The van der Waals surface area contributed by atoms with Crippen molar-refractivity contribution in [3.05, 3.63) is 0 Å². The van der Waals surface area contributed by atoms with Crippen molar-refractivity contribution in [2.45, 2.75) is 13.3 Å². The number of hydrogen-bond acceptors (Lipinski definition) is 4. The lowest BCUT2D eigenvalue weighted by molar-refractivity contribution is 0.0575. The van der Waals surface area contributed by atoms with Crippen molar-refractivity contribution in [3.8, 4) is 0 Å². The fourth-order valence-corrected chi connectivity index (χ4v) is 0.369. The SMILES string of the molecule is CCCOC(=O)OCCN. The van der Waals surface area contributed by atoms with E-state index < -0.39 is 6.16 Å². The molecule has 0 saturated carbocycles. The highest BCUT2D eigenvalue weighted by atomic mass is 16.7. The molecule has 0 aliphatic rings. The normalized spacial score (nSPS) is 9.00. The van der Waals surface area contributed by atoms with E-state index in [2.05, 4.69) is 9.47 Å². The van der Waals surface area contributed by atoms with Crippen LogP contribution in [0.5, 0.6) is 0 Å². The molecule has 0 aromatic heterocycles. The van der Waals surface area contributed by atoms with Gasteiger partial charge < -0.3 is 15.2 Å². The van der Waals surface area contributed by atoms with Crippen LogP contribution in [0.3, 0.4) is 0 Å². The molecule has 0 atom stereocenters. The third-order valence-corrected chi connectivity index (χ3v) is 0.762. The lowest BCUT2D eigenvalue weighted by atomic mass is 10.5. The van der Waals surface area contributed by atoms with Gasteiger partial charge in [-0.2, -0.15) is 0 Å². The molecule has 0 heterocycles. The number of ether oxygens (including phenoxy) is 2. The van der Waals surface area contributed by atoms with Gasteiger partial charge in [-0.3, -0.25) is 0 Å². The Labute approximate surface area is 60.3 Å². The summed E-state index contributed by atoms with van der Waals surface area (Å²) < 4.78 is 9.08. The number of hydrogen-bond donors (Lipinski definition) is 1. The molecule has 0 aliphatic carbocycles. The second kappa shape index (κ2) is 6.35. The Balaban J connectivity index is 3.09. The molecule has 0 aliphatic heterocycles. The molecule has 0 amide bonds. The molecule has 0 fully saturated rings. The molecule has 0 aromatic rings. The topological polar surface area (TPSA) is 61.5 Å². The van der Waals surface area contributed by atoms with Gasteiger partial charge in [0.25, 0.3) is 0 Å². The van der Waals surface area contributed by atoms with E-state index in [1.807, 2.05) is 6.92 Å². The summed E-state index contributed by atoms with van der Waals surface area (Å²) in [5.74, 6) is 0. The third-order valence-electron chi connectivity index (χ3n) is 0.762. The number of nitrogens with two attached hydrogens (primary N) is 1. The Bertz CT molecular complexity index is 85.0. The van der Waals surface area contributed by atoms with Gasteiger partial charge in [-0.05, 0) is 6.42 Å². The van der Waals surface area contributed by atoms with Crippen molar-refractivity contribution in [1.29, 1.82) is 0 Å². The number of carbonyl (C=O) groups is 1. The van der Waals surface area contributed by atoms with Crippen LogP contribution in [0.25, 0.3) is 0 Å². The van der Waals surface area contributed by atoms with Gasteiger partial charge in [-0.15, -0.1) is 0 Å². The number of carbonyl (C=O) groups excluding carboxylic acids is 1. The molecule has 0 saturated heterocycles. The van der Waals surface area contributed by atoms with Crippen molar-refractivity contribution in [2.75, 3.05) is 19.8 Å². The summed E-state index contributed by atoms with van der Waals surface area (Å²) in [4.78, 5) is 10.5. The molecule has 2 N–H and O–H groups in total. The van der Waals surface area contributed by atoms with Crippen LogP contribution in [0.4, 0.5) is 4.79 Å². The molecule has 0 unspecified atom stereocenters. The quantitative estimate of drug-likeness (QED) is 0.588. The average Bonchev–Trinajstić information content (AvgIpc) is 1.97. The summed E-state index contributed by atoms with van der Waals surface area (Å²) >= 11 is 0. The Morgan fingerprint density at radius 1 is 1.40 bits per heavy atom. The van der Waals surface area contributed by atoms with Crippen molar-refractivity contribution >= 4 is 6.16 Å². The first-order valence-electron chi connectivity index (χ1n) is 3.31. The van der Waals surface area contributed by atoms with E-state index in [4.69, 9.17) is 5.73 Å². The standard InChI is InChI=1S/C6H13NO3/c1-2-4-9-6(8)10-5-3-7/h2-5,7H2,1H3. The van der Waals surface area contributed by atoms with Crippen LogP contribution in [0.2, 0.25) is 0 Å². The van der Waals surface area contributed by atoms with Gasteiger partial charge in [0.05, 0.1) is 6.61 Å². The van der Waals surface area contributed by atoms with E-state index >= 15 is 0 Å². The lowest BCUT2D eigenvalue weighted by Crippen LogP contribution is -2.14. The van der Waals surface area contributed by atoms with E-state index in [-0.39, 0.29) is 6.61 Å². The molecule has 10 heavy (non-hydrogen) atoms. The van der Waals surface area contributed by atoms with E-state index in [1.165, 1.54) is 0 Å². The van der Waals surface area contributed by atoms with Gasteiger partial charge in [0.1, 0.15) is 6.61 Å². The second-order valence-electron chi connectivity index (χ2n) is 1.74. The van der Waals surface area contributed by atoms with Gasteiger partial charge >= 0.3 is 6.16 Å². The predicted octanol–water partition coefficient (Wildman–Crippen LogP) is 0.508. The first-order chi connectivity index (χ1) is 4.81. The summed E-state index contributed by atoms with van der Waals surface area (Å²) in [6.45, 7) is 2.88. The van der Waals surface area contributed by atoms with E-state index in [0.717, 1.165) is 6.42 Å². The van der Waals surface area contributed by atoms with Crippen LogP contribution in [0.1, 0.15) is 13.3 Å². The molecule has 0 spiro atoms. The van der Waals surface area contributed by atoms with Crippen LogP contribution in [0.15, 0.2) is 0 Å². The number of rotatable bonds is 4. The molecular weight excluding hydrogens is 134 g/mol. The summed E-state index contributed by atoms with van der Waals surface area (Å²) in [7, 11) is 0. The van der Waals surface area contributed by atoms with Gasteiger partial charge in [-0.25, -0.2) is 4.79 Å². The largest absolute Gasteiger partial charge is 0.508 e. The zero-order valence-electron chi connectivity index (χ0n) is 6.13. The second-order valence-corrected chi connectivity index (χ2v) is 1.74. The van der Waals surface area contributed by atoms with Crippen molar-refractivity contribution in [3.63, 3.8) is 0 Å². The van der Waals surface area contributed by atoms with Crippen molar-refractivity contribution in [1.82, 2.24) is 0 Å². The van der Waals surface area contributed by atoms with Gasteiger partial charge in [0, 0.05) is 6.54 Å². The first-order valence-corrected chi connectivity index (χ1v) is 3.31. The van der Waals surface area contributed by atoms with Crippen molar-refractivity contribution < 1.29 is 14.3 Å². The van der Waals surface area contributed by atoms with Gasteiger partial charge in [-0.1, -0.05) is 6.92 Å². The summed E-state index contributed by atoms with van der Waals surface area (Å²) in [5.41, 5.74) is 5.07. The Kier molecular flexibility index (Phi) is 5.86. The van der Waals surface area contributed by atoms with Crippen LogP contribution < -0.4 is 5.73 Å². The fourth-order valence-electron chi connectivity index (χ4n) is 0.369. The summed E-state index contributed by atoms with van der Waals surface area (Å²) in [6.07, 6.45) is 0.171. The maximum Gasteiger partial charge on any atom is 0.508 e. The highest BCUT2D eigenvalue weighted by Crippen LogP contribution is 1.85. The third kappa shape index (κ3) is 5.37. The van der Waals surface area contributed by atoms with Gasteiger partial charge in [0.2, 0.25) is 0 Å². The van der Waals surface area contributed by atoms with Gasteiger partial charge in [0.15, 0.2) is 0 Å². The fraction of sp³-hybridized carbons (Fsp3) is 0.833. The first kappa shape index (κ1) is 9.23. The molecule has 0 bridgehead atoms. The minimum atomic E-state index is -0.632. The molecule has 4 heteroatoms. The maximum absolute atomic E-state index is 10.5. The monoisotopic (exact) mass is 147 g/mol. The van der Waals surface area contributed by atoms with E-state index in [0.29, 0.717) is 13.2 Å². The van der Waals surface area contributed by atoms with Crippen LogP contribution in [0, 0.1) is 0 Å². The van der Waals surface area contributed by atoms with E-state index in [9.17, 15) is 4.79 Å². The molecular formula is C6H13NO3. The average molecular weight is 147 g/mol. The molecule has 0 radical (unpaired) electrons. The highest BCUT2D eigenvalue weighted by Gasteiger charge is 1.99. The molecule has 0 aromatic carbocycles. The minimum absolute atomic E-state index is 0.225.